The average molecular weight is 247 g/mol. The Bertz CT molecular complexity index is 497. The zero-order chi connectivity index (χ0) is 13.3. The van der Waals surface area contributed by atoms with E-state index >= 15 is 0 Å². The van der Waals surface area contributed by atoms with Gasteiger partial charge in [0.15, 0.2) is 0 Å². The van der Waals surface area contributed by atoms with Crippen LogP contribution in [0.4, 0.5) is 0 Å². The van der Waals surface area contributed by atoms with Crippen LogP contribution in [-0.2, 0) is 17.8 Å². The molecule has 0 aromatic carbocycles. The summed E-state index contributed by atoms with van der Waals surface area (Å²) in [5.74, 6) is 0.0283. The molecule has 0 N–H and O–H groups in total. The van der Waals surface area contributed by atoms with E-state index in [4.69, 9.17) is 0 Å². The lowest BCUT2D eigenvalue weighted by Crippen LogP contribution is -2.35. The van der Waals surface area contributed by atoms with Gasteiger partial charge in [-0.15, -0.1) is 0 Å². The summed E-state index contributed by atoms with van der Waals surface area (Å²) < 4.78 is 0. The first-order valence-electron chi connectivity index (χ1n) is 5.93. The number of hydrogen-bond donors (Lipinski definition) is 0. The van der Waals surface area contributed by atoms with Crippen LogP contribution in [0.3, 0.4) is 0 Å². The first-order valence-corrected chi connectivity index (χ1v) is 5.93. The first kappa shape index (κ1) is 12.5. The molecule has 18 heavy (non-hydrogen) atoms. The monoisotopic (exact) mass is 247 g/mol. The van der Waals surface area contributed by atoms with Gasteiger partial charge in [0.1, 0.15) is 0 Å². The maximum absolute atomic E-state index is 12.0. The largest absolute Gasteiger partial charge is 0.345 e. The Kier molecular flexibility index (Phi) is 3.32. The van der Waals surface area contributed by atoms with Crippen molar-refractivity contribution in [3.05, 3.63) is 29.1 Å². The SMILES string of the molecule is CC(=O)N1CCc2c(cncc2C(=O)N(C)C)C1. The van der Waals surface area contributed by atoms with Gasteiger partial charge >= 0.3 is 0 Å². The standard InChI is InChI=1S/C13H17N3O2/c1-9(17)16-5-4-11-10(8-16)6-14-7-12(11)13(18)15(2)3/h6-7H,4-5,8H2,1-3H3. The van der Waals surface area contributed by atoms with Crippen LogP contribution in [-0.4, -0.2) is 47.2 Å². The summed E-state index contributed by atoms with van der Waals surface area (Å²) in [4.78, 5) is 30.8. The fourth-order valence-electron chi connectivity index (χ4n) is 2.19. The Balaban J connectivity index is 2.36. The van der Waals surface area contributed by atoms with Crippen molar-refractivity contribution in [1.29, 1.82) is 0 Å². The number of carbonyl (C=O) groups excluding carboxylic acids is 2. The Morgan fingerprint density at radius 2 is 2.06 bits per heavy atom. The van der Waals surface area contributed by atoms with Crippen molar-refractivity contribution in [1.82, 2.24) is 14.8 Å². The highest BCUT2D eigenvalue weighted by atomic mass is 16.2. The summed E-state index contributed by atoms with van der Waals surface area (Å²) in [5, 5.41) is 0. The topological polar surface area (TPSA) is 53.5 Å². The van der Waals surface area contributed by atoms with E-state index in [-0.39, 0.29) is 11.8 Å². The van der Waals surface area contributed by atoms with E-state index in [1.54, 1.807) is 43.2 Å². The molecule has 0 atom stereocenters. The van der Waals surface area contributed by atoms with Crippen LogP contribution in [0.5, 0.6) is 0 Å². The Morgan fingerprint density at radius 1 is 1.33 bits per heavy atom. The molecule has 1 aromatic rings. The van der Waals surface area contributed by atoms with Gasteiger partial charge in [-0.3, -0.25) is 14.6 Å². The van der Waals surface area contributed by atoms with Crippen molar-refractivity contribution in [2.45, 2.75) is 19.9 Å². The zero-order valence-corrected chi connectivity index (χ0v) is 10.9. The molecular weight excluding hydrogens is 230 g/mol. The molecule has 0 radical (unpaired) electrons. The van der Waals surface area contributed by atoms with Crippen molar-refractivity contribution in [2.24, 2.45) is 0 Å². The number of fused-ring (bicyclic) bond motifs is 1. The van der Waals surface area contributed by atoms with Gasteiger partial charge in [-0.05, 0) is 17.5 Å². The highest BCUT2D eigenvalue weighted by Gasteiger charge is 2.23. The van der Waals surface area contributed by atoms with Crippen molar-refractivity contribution < 1.29 is 9.59 Å². The molecule has 2 rings (SSSR count). The molecular formula is C13H17N3O2. The van der Waals surface area contributed by atoms with E-state index in [1.807, 2.05) is 0 Å². The van der Waals surface area contributed by atoms with E-state index in [9.17, 15) is 9.59 Å². The van der Waals surface area contributed by atoms with Gasteiger partial charge in [0, 0.05) is 46.5 Å². The van der Waals surface area contributed by atoms with Crippen molar-refractivity contribution in [3.8, 4) is 0 Å². The van der Waals surface area contributed by atoms with Gasteiger partial charge in [0.25, 0.3) is 5.91 Å². The maximum Gasteiger partial charge on any atom is 0.255 e. The minimum atomic E-state index is -0.0318. The Morgan fingerprint density at radius 3 is 2.67 bits per heavy atom. The van der Waals surface area contributed by atoms with Crippen LogP contribution in [0.1, 0.15) is 28.4 Å². The quantitative estimate of drug-likeness (QED) is 0.733. The van der Waals surface area contributed by atoms with Crippen molar-refractivity contribution in [2.75, 3.05) is 20.6 Å². The lowest BCUT2D eigenvalue weighted by molar-refractivity contribution is -0.129. The zero-order valence-electron chi connectivity index (χ0n) is 10.9. The fraction of sp³-hybridized carbons (Fsp3) is 0.462. The molecule has 1 aromatic heterocycles. The number of hydrogen-bond acceptors (Lipinski definition) is 3. The van der Waals surface area contributed by atoms with E-state index < -0.39 is 0 Å². The van der Waals surface area contributed by atoms with Gasteiger partial charge in [-0.1, -0.05) is 0 Å². The minimum absolute atomic E-state index is 0.0318. The molecule has 0 saturated carbocycles. The third-order valence-electron chi connectivity index (χ3n) is 3.22. The lowest BCUT2D eigenvalue weighted by Gasteiger charge is -2.29. The summed E-state index contributed by atoms with van der Waals surface area (Å²) in [6.07, 6.45) is 4.08. The van der Waals surface area contributed by atoms with Crippen LogP contribution >= 0.6 is 0 Å². The highest BCUT2D eigenvalue weighted by Crippen LogP contribution is 2.22. The number of carbonyl (C=O) groups is 2. The molecule has 2 amide bonds. The maximum atomic E-state index is 12.0. The van der Waals surface area contributed by atoms with Gasteiger partial charge in [0.2, 0.25) is 5.91 Å². The highest BCUT2D eigenvalue weighted by molar-refractivity contribution is 5.95. The lowest BCUT2D eigenvalue weighted by atomic mass is 9.96. The molecule has 96 valence electrons. The van der Waals surface area contributed by atoms with Crippen LogP contribution in [0.15, 0.2) is 12.4 Å². The average Bonchev–Trinajstić information content (AvgIpc) is 2.36. The third kappa shape index (κ3) is 2.20. The molecule has 0 bridgehead atoms. The predicted molar refractivity (Wildman–Crippen MR) is 67.0 cm³/mol. The second-order valence-corrected chi connectivity index (χ2v) is 4.71. The van der Waals surface area contributed by atoms with E-state index in [2.05, 4.69) is 4.98 Å². The molecule has 0 fully saturated rings. The summed E-state index contributed by atoms with van der Waals surface area (Å²) >= 11 is 0. The van der Waals surface area contributed by atoms with Gasteiger partial charge in [-0.2, -0.15) is 0 Å². The van der Waals surface area contributed by atoms with Crippen molar-refractivity contribution >= 4 is 11.8 Å². The molecule has 5 heteroatoms. The van der Waals surface area contributed by atoms with Crippen molar-refractivity contribution in [3.63, 3.8) is 0 Å². The van der Waals surface area contributed by atoms with E-state index in [0.29, 0.717) is 25.1 Å². The summed E-state index contributed by atoms with van der Waals surface area (Å²) in [7, 11) is 3.46. The van der Waals surface area contributed by atoms with Crippen LogP contribution < -0.4 is 0 Å². The first-order chi connectivity index (χ1) is 8.50. The van der Waals surface area contributed by atoms with E-state index in [0.717, 1.165) is 11.1 Å². The molecule has 2 heterocycles. The molecule has 0 unspecified atom stereocenters. The Labute approximate surface area is 106 Å². The molecule has 1 aliphatic heterocycles. The Hall–Kier alpha value is -1.91. The molecule has 1 aliphatic rings. The summed E-state index contributed by atoms with van der Waals surface area (Å²) in [6, 6.07) is 0. The van der Waals surface area contributed by atoms with Gasteiger partial charge in [0.05, 0.1) is 5.56 Å². The molecule has 5 nitrogen and oxygen atoms in total. The van der Waals surface area contributed by atoms with Crippen LogP contribution in [0.25, 0.3) is 0 Å². The van der Waals surface area contributed by atoms with Crippen LogP contribution in [0, 0.1) is 0 Å². The summed E-state index contributed by atoms with van der Waals surface area (Å²) in [6.45, 7) is 2.78. The smallest absolute Gasteiger partial charge is 0.255 e. The fourth-order valence-corrected chi connectivity index (χ4v) is 2.19. The molecule has 0 aliphatic carbocycles. The molecule has 0 saturated heterocycles. The number of aromatic nitrogens is 1. The van der Waals surface area contributed by atoms with Gasteiger partial charge in [-0.25, -0.2) is 0 Å². The van der Waals surface area contributed by atoms with Crippen LogP contribution in [0.2, 0.25) is 0 Å². The van der Waals surface area contributed by atoms with E-state index in [1.165, 1.54) is 0 Å². The summed E-state index contributed by atoms with van der Waals surface area (Å²) in [5.41, 5.74) is 2.66. The van der Waals surface area contributed by atoms with Gasteiger partial charge < -0.3 is 9.80 Å². The number of nitrogens with zero attached hydrogens (tertiary/aromatic N) is 3. The molecule has 0 spiro atoms. The minimum Gasteiger partial charge on any atom is -0.345 e. The third-order valence-corrected chi connectivity index (χ3v) is 3.22. The number of pyridine rings is 1. The number of amides is 2. The predicted octanol–water partition coefficient (Wildman–Crippen LogP) is 0.688. The number of rotatable bonds is 1. The normalized spacial score (nSPS) is 14.1. The second-order valence-electron chi connectivity index (χ2n) is 4.71. The second kappa shape index (κ2) is 4.76.